The van der Waals surface area contributed by atoms with E-state index in [-0.39, 0.29) is 5.75 Å². The summed E-state index contributed by atoms with van der Waals surface area (Å²) in [5.74, 6) is -0.327. The van der Waals surface area contributed by atoms with Crippen LogP contribution in [0.4, 0.5) is 0 Å². The highest BCUT2D eigenvalue weighted by Crippen LogP contribution is 2.13. The van der Waals surface area contributed by atoms with Crippen LogP contribution in [0.25, 0.3) is 16.1 Å². The molecule has 0 aliphatic rings. The molecule has 18 heavy (non-hydrogen) atoms. The molecule has 0 saturated heterocycles. The maximum Gasteiger partial charge on any atom is 0.239 e. The van der Waals surface area contributed by atoms with E-state index >= 15 is 0 Å². The third kappa shape index (κ3) is 2.88. The Labute approximate surface area is 103 Å². The fraction of sp³-hybridized carbons (Fsp3) is 0.100. The van der Waals surface area contributed by atoms with Gasteiger partial charge in [-0.1, -0.05) is 12.1 Å². The van der Waals surface area contributed by atoms with Crippen LogP contribution in [0.15, 0.2) is 47.2 Å². The lowest BCUT2D eigenvalue weighted by Crippen LogP contribution is -2.01. The number of hydrogen-bond donors (Lipinski definition) is 0. The van der Waals surface area contributed by atoms with Crippen molar-refractivity contribution in [1.29, 1.82) is 0 Å². The monoisotopic (exact) mass is 263 g/mol. The van der Waals surface area contributed by atoms with Crippen LogP contribution in [-0.4, -0.2) is 18.2 Å². The fourth-order valence-corrected chi connectivity index (χ4v) is 2.28. The van der Waals surface area contributed by atoms with Gasteiger partial charge in [0, 0.05) is 21.8 Å². The molecule has 0 radical (unpaired) electrons. The van der Waals surface area contributed by atoms with Gasteiger partial charge < -0.3 is 0 Å². The van der Waals surface area contributed by atoms with Gasteiger partial charge in [0.05, 0.1) is 11.4 Å². The van der Waals surface area contributed by atoms with Crippen LogP contribution in [0.1, 0.15) is 5.56 Å². The summed E-state index contributed by atoms with van der Waals surface area (Å²) in [5.41, 5.74) is 9.43. The second-order valence-corrected chi connectivity index (χ2v) is 5.13. The van der Waals surface area contributed by atoms with E-state index < -0.39 is 10.0 Å². The molecule has 0 N–H and O–H groups in total. The van der Waals surface area contributed by atoms with E-state index in [1.54, 1.807) is 47.4 Å². The minimum atomic E-state index is -3.79. The van der Waals surface area contributed by atoms with E-state index in [1.165, 1.54) is 0 Å². The molecular formula is C10H9N5O2S. The minimum Gasteiger partial charge on any atom is -0.241 e. The third-order valence-electron chi connectivity index (χ3n) is 2.19. The Hall–Kier alpha value is -2.31. The van der Waals surface area contributed by atoms with Crippen LogP contribution in [0.2, 0.25) is 0 Å². The molecule has 0 unspecified atom stereocenters. The molecule has 1 aromatic carbocycles. The highest BCUT2D eigenvalue weighted by molar-refractivity contribution is 7.89. The quantitative estimate of drug-likeness (QED) is 0.479. The van der Waals surface area contributed by atoms with E-state index in [0.717, 1.165) is 5.69 Å². The standard InChI is InChI=1S/C10H9N5O2S/c11-13-14-18(16,17)8-9-3-1-4-10(7-9)15-6-2-5-12-15/h1-7H,8H2. The van der Waals surface area contributed by atoms with Crippen LogP contribution in [0.3, 0.4) is 0 Å². The largest absolute Gasteiger partial charge is 0.241 e. The number of azide groups is 1. The third-order valence-corrected chi connectivity index (χ3v) is 3.21. The van der Waals surface area contributed by atoms with Gasteiger partial charge in [-0.2, -0.15) is 5.10 Å². The number of sulfonamides is 1. The predicted octanol–water partition coefficient (Wildman–Crippen LogP) is 2.01. The lowest BCUT2D eigenvalue weighted by atomic mass is 10.2. The first-order chi connectivity index (χ1) is 8.61. The summed E-state index contributed by atoms with van der Waals surface area (Å²) in [6.45, 7) is 0. The molecule has 0 atom stereocenters. The molecule has 0 amide bonds. The summed E-state index contributed by atoms with van der Waals surface area (Å²) in [7, 11) is -3.79. The zero-order chi connectivity index (χ0) is 13.0. The molecule has 1 aromatic heterocycles. The molecule has 0 bridgehead atoms. The Morgan fingerprint density at radius 2 is 2.22 bits per heavy atom. The molecule has 0 aliphatic carbocycles. The fourth-order valence-electron chi connectivity index (χ4n) is 1.51. The zero-order valence-electron chi connectivity index (χ0n) is 9.21. The van der Waals surface area contributed by atoms with Gasteiger partial charge in [-0.05, 0) is 29.3 Å². The highest BCUT2D eigenvalue weighted by Gasteiger charge is 2.09. The molecule has 0 fully saturated rings. The summed E-state index contributed by atoms with van der Waals surface area (Å²) in [4.78, 5) is 2.30. The maximum absolute atomic E-state index is 11.4. The summed E-state index contributed by atoms with van der Waals surface area (Å²) < 4.78 is 27.1. The van der Waals surface area contributed by atoms with Crippen molar-refractivity contribution in [1.82, 2.24) is 9.78 Å². The smallest absolute Gasteiger partial charge is 0.239 e. The maximum atomic E-state index is 11.4. The first-order valence-electron chi connectivity index (χ1n) is 4.99. The van der Waals surface area contributed by atoms with Crippen molar-refractivity contribution >= 4 is 10.0 Å². The van der Waals surface area contributed by atoms with Crippen molar-refractivity contribution in [3.63, 3.8) is 0 Å². The summed E-state index contributed by atoms with van der Waals surface area (Å²) in [6, 6.07) is 8.62. The molecular weight excluding hydrogens is 254 g/mol. The lowest BCUT2D eigenvalue weighted by Gasteiger charge is -2.04. The van der Waals surface area contributed by atoms with E-state index in [2.05, 4.69) is 14.5 Å². The van der Waals surface area contributed by atoms with Gasteiger partial charge >= 0.3 is 0 Å². The van der Waals surface area contributed by atoms with Crippen molar-refractivity contribution in [3.05, 3.63) is 58.7 Å². The van der Waals surface area contributed by atoms with Crippen LogP contribution in [0.5, 0.6) is 0 Å². The number of aromatic nitrogens is 2. The number of nitrogens with zero attached hydrogens (tertiary/aromatic N) is 5. The first-order valence-corrected chi connectivity index (χ1v) is 6.60. The molecule has 0 spiro atoms. The molecule has 92 valence electrons. The number of rotatable bonds is 4. The molecule has 2 aromatic rings. The molecule has 2 rings (SSSR count). The Balaban J connectivity index is 2.31. The Morgan fingerprint density at radius 3 is 2.89 bits per heavy atom. The Kier molecular flexibility index (Phi) is 3.31. The van der Waals surface area contributed by atoms with Crippen molar-refractivity contribution in [3.8, 4) is 5.69 Å². The highest BCUT2D eigenvalue weighted by atomic mass is 32.2. The zero-order valence-corrected chi connectivity index (χ0v) is 10.0. The summed E-state index contributed by atoms with van der Waals surface area (Å²) >= 11 is 0. The van der Waals surface area contributed by atoms with Crippen LogP contribution in [-0.2, 0) is 15.8 Å². The molecule has 1 heterocycles. The van der Waals surface area contributed by atoms with Crippen molar-refractivity contribution < 1.29 is 8.42 Å². The minimum absolute atomic E-state index is 0.327. The SMILES string of the molecule is [N-]=[N+]=NS(=O)(=O)Cc1cccc(-n2cccn2)c1. The molecule has 0 aliphatic heterocycles. The average Bonchev–Trinajstić information content (AvgIpc) is 2.81. The van der Waals surface area contributed by atoms with E-state index in [1.807, 2.05) is 0 Å². The van der Waals surface area contributed by atoms with Gasteiger partial charge in [0.2, 0.25) is 10.0 Å². The Morgan fingerprint density at radius 1 is 1.39 bits per heavy atom. The van der Waals surface area contributed by atoms with Gasteiger partial charge in [0.25, 0.3) is 0 Å². The Bertz CT molecular complexity index is 687. The normalized spacial score (nSPS) is 10.9. The lowest BCUT2D eigenvalue weighted by molar-refractivity contribution is 0.596. The second kappa shape index (κ2) is 4.91. The van der Waals surface area contributed by atoms with E-state index in [9.17, 15) is 8.42 Å². The van der Waals surface area contributed by atoms with Crippen LogP contribution < -0.4 is 0 Å². The molecule has 0 saturated carbocycles. The van der Waals surface area contributed by atoms with Crippen LogP contribution in [0, 0.1) is 0 Å². The van der Waals surface area contributed by atoms with Crippen LogP contribution >= 0.6 is 0 Å². The summed E-state index contributed by atoms with van der Waals surface area (Å²) in [5, 5.41) is 4.05. The van der Waals surface area contributed by atoms with Crippen molar-refractivity contribution in [2.45, 2.75) is 5.75 Å². The number of hydrogen-bond acceptors (Lipinski definition) is 3. The van der Waals surface area contributed by atoms with Gasteiger partial charge in [-0.25, -0.2) is 13.1 Å². The van der Waals surface area contributed by atoms with Gasteiger partial charge in [-0.3, -0.25) is 0 Å². The average molecular weight is 263 g/mol. The molecule has 8 heteroatoms. The van der Waals surface area contributed by atoms with Crippen molar-refractivity contribution in [2.75, 3.05) is 0 Å². The summed E-state index contributed by atoms with van der Waals surface area (Å²) in [6.07, 6.45) is 3.38. The topological polar surface area (TPSA) is 101 Å². The molecule has 7 nitrogen and oxygen atoms in total. The van der Waals surface area contributed by atoms with Crippen molar-refractivity contribution in [2.24, 2.45) is 4.52 Å². The number of benzene rings is 1. The van der Waals surface area contributed by atoms with Gasteiger partial charge in [-0.15, -0.1) is 0 Å². The van der Waals surface area contributed by atoms with E-state index in [4.69, 9.17) is 5.53 Å². The van der Waals surface area contributed by atoms with Gasteiger partial charge in [0.1, 0.15) is 0 Å². The van der Waals surface area contributed by atoms with Gasteiger partial charge in [0.15, 0.2) is 0 Å². The second-order valence-electron chi connectivity index (χ2n) is 3.52. The van der Waals surface area contributed by atoms with E-state index in [0.29, 0.717) is 5.56 Å². The first kappa shape index (κ1) is 12.2. The predicted molar refractivity (Wildman–Crippen MR) is 65.3 cm³/mol.